The highest BCUT2D eigenvalue weighted by molar-refractivity contribution is 6.05. The molecule has 2 rings (SSSR count). The van der Waals surface area contributed by atoms with E-state index in [4.69, 9.17) is 4.74 Å². The number of carbonyl (C=O) groups is 1. The van der Waals surface area contributed by atoms with Gasteiger partial charge in [-0.1, -0.05) is 39.0 Å². The van der Waals surface area contributed by atoms with Gasteiger partial charge in [0.05, 0.1) is 12.2 Å². The molecule has 0 aliphatic carbocycles. The van der Waals surface area contributed by atoms with E-state index in [9.17, 15) is 4.79 Å². The molecule has 0 atom stereocenters. The predicted octanol–water partition coefficient (Wildman–Crippen LogP) is 3.64. The summed E-state index contributed by atoms with van der Waals surface area (Å²) in [5.74, 6) is -0.250. The molecule has 0 aliphatic rings. The number of nitrogens with one attached hydrogen (secondary N) is 1. The second-order valence-corrected chi connectivity index (χ2v) is 5.39. The summed E-state index contributed by atoms with van der Waals surface area (Å²) in [7, 11) is 0. The van der Waals surface area contributed by atoms with E-state index >= 15 is 0 Å². The maximum absolute atomic E-state index is 12.1. The Balaban J connectivity index is 2.69. The first-order valence-electron chi connectivity index (χ1n) is 6.23. The number of hydrogen-bond donors (Lipinski definition) is 1. The summed E-state index contributed by atoms with van der Waals surface area (Å²) in [6.07, 6.45) is 0. The van der Waals surface area contributed by atoms with E-state index in [-0.39, 0.29) is 11.4 Å². The summed E-state index contributed by atoms with van der Waals surface area (Å²) in [6.45, 7) is 8.47. The molecule has 0 fully saturated rings. The number of ether oxygens (including phenoxy) is 1. The van der Waals surface area contributed by atoms with Crippen molar-refractivity contribution < 1.29 is 9.53 Å². The molecule has 0 radical (unpaired) electrons. The summed E-state index contributed by atoms with van der Waals surface area (Å²) < 4.78 is 5.17. The van der Waals surface area contributed by atoms with Crippen molar-refractivity contribution in [1.29, 1.82) is 0 Å². The van der Waals surface area contributed by atoms with Gasteiger partial charge in [-0.3, -0.25) is 0 Å². The highest BCUT2D eigenvalue weighted by Crippen LogP contribution is 2.31. The van der Waals surface area contributed by atoms with Gasteiger partial charge in [0, 0.05) is 22.0 Å². The molecule has 2 aromatic rings. The summed E-state index contributed by atoms with van der Waals surface area (Å²) in [5, 5.41) is 0.931. The molecule has 0 amide bonds. The van der Waals surface area contributed by atoms with Gasteiger partial charge >= 0.3 is 5.97 Å². The number of aromatic nitrogens is 1. The molecular formula is C15H19NO2. The molecular weight excluding hydrogens is 226 g/mol. The lowest BCUT2D eigenvalue weighted by Gasteiger charge is -2.18. The number of rotatable bonds is 2. The fraction of sp³-hybridized carbons (Fsp3) is 0.400. The van der Waals surface area contributed by atoms with Crippen LogP contribution in [0.25, 0.3) is 10.9 Å². The first-order chi connectivity index (χ1) is 8.45. The Hall–Kier alpha value is -1.77. The van der Waals surface area contributed by atoms with E-state index in [0.717, 1.165) is 16.6 Å². The van der Waals surface area contributed by atoms with Gasteiger partial charge in [-0.25, -0.2) is 4.79 Å². The second kappa shape index (κ2) is 4.48. The fourth-order valence-electron chi connectivity index (χ4n) is 2.12. The molecule has 0 saturated carbocycles. The van der Waals surface area contributed by atoms with Crippen molar-refractivity contribution in [2.24, 2.45) is 0 Å². The van der Waals surface area contributed by atoms with Crippen LogP contribution in [0.1, 0.15) is 43.7 Å². The Morgan fingerprint density at radius 2 is 1.94 bits per heavy atom. The number of H-pyrrole nitrogens is 1. The van der Waals surface area contributed by atoms with Crippen molar-refractivity contribution in [1.82, 2.24) is 4.98 Å². The fourth-order valence-corrected chi connectivity index (χ4v) is 2.12. The quantitative estimate of drug-likeness (QED) is 0.821. The molecule has 0 saturated heterocycles. The monoisotopic (exact) mass is 245 g/mol. The SMILES string of the molecule is CCOC(=O)c1c(C(C)(C)C)[nH]c2ccccc12. The third kappa shape index (κ3) is 2.13. The number of para-hydroxylation sites is 1. The maximum Gasteiger partial charge on any atom is 0.340 e. The number of esters is 1. The number of aromatic amines is 1. The number of fused-ring (bicyclic) bond motifs is 1. The normalized spacial score (nSPS) is 11.8. The molecule has 0 aliphatic heterocycles. The summed E-state index contributed by atoms with van der Waals surface area (Å²) in [5.41, 5.74) is 2.45. The summed E-state index contributed by atoms with van der Waals surface area (Å²) in [4.78, 5) is 15.5. The van der Waals surface area contributed by atoms with Crippen LogP contribution in [0.5, 0.6) is 0 Å². The lowest BCUT2D eigenvalue weighted by atomic mass is 9.89. The minimum Gasteiger partial charge on any atom is -0.462 e. The van der Waals surface area contributed by atoms with E-state index in [2.05, 4.69) is 25.8 Å². The minimum absolute atomic E-state index is 0.124. The largest absolute Gasteiger partial charge is 0.462 e. The van der Waals surface area contributed by atoms with Gasteiger partial charge in [0.1, 0.15) is 0 Å². The van der Waals surface area contributed by atoms with Gasteiger partial charge in [0.15, 0.2) is 0 Å². The Bertz CT molecular complexity index is 576. The predicted molar refractivity (Wildman–Crippen MR) is 73.0 cm³/mol. The molecule has 3 heteroatoms. The van der Waals surface area contributed by atoms with Crippen LogP contribution < -0.4 is 0 Å². The average Bonchev–Trinajstić information content (AvgIpc) is 2.68. The zero-order valence-electron chi connectivity index (χ0n) is 11.3. The van der Waals surface area contributed by atoms with Crippen LogP contribution in [0.15, 0.2) is 24.3 Å². The minimum atomic E-state index is -0.250. The lowest BCUT2D eigenvalue weighted by molar-refractivity contribution is 0.0526. The van der Waals surface area contributed by atoms with Crippen molar-refractivity contribution in [3.8, 4) is 0 Å². The van der Waals surface area contributed by atoms with E-state index in [1.54, 1.807) is 0 Å². The van der Waals surface area contributed by atoms with Crippen LogP contribution in [0.3, 0.4) is 0 Å². The van der Waals surface area contributed by atoms with Gasteiger partial charge in [-0.05, 0) is 13.0 Å². The highest BCUT2D eigenvalue weighted by Gasteiger charge is 2.27. The molecule has 0 bridgehead atoms. The van der Waals surface area contributed by atoms with Gasteiger partial charge in [0.25, 0.3) is 0 Å². The third-order valence-corrected chi connectivity index (χ3v) is 2.94. The van der Waals surface area contributed by atoms with Gasteiger partial charge in [-0.2, -0.15) is 0 Å². The standard InChI is InChI=1S/C15H19NO2/c1-5-18-14(17)12-10-8-6-7-9-11(10)16-13(12)15(2,3)4/h6-9,16H,5H2,1-4H3. The van der Waals surface area contributed by atoms with Crippen LogP contribution in [-0.4, -0.2) is 17.6 Å². The van der Waals surface area contributed by atoms with Crippen molar-refractivity contribution in [2.75, 3.05) is 6.61 Å². The average molecular weight is 245 g/mol. The van der Waals surface area contributed by atoms with Crippen molar-refractivity contribution in [2.45, 2.75) is 33.1 Å². The van der Waals surface area contributed by atoms with Gasteiger partial charge in [0.2, 0.25) is 0 Å². The Labute approximate surface area is 107 Å². The first-order valence-corrected chi connectivity index (χ1v) is 6.23. The zero-order valence-corrected chi connectivity index (χ0v) is 11.3. The molecule has 1 aromatic heterocycles. The van der Waals surface area contributed by atoms with Crippen molar-refractivity contribution >= 4 is 16.9 Å². The smallest absolute Gasteiger partial charge is 0.340 e. The topological polar surface area (TPSA) is 42.1 Å². The third-order valence-electron chi connectivity index (χ3n) is 2.94. The Morgan fingerprint density at radius 3 is 2.56 bits per heavy atom. The van der Waals surface area contributed by atoms with E-state index in [1.807, 2.05) is 31.2 Å². The van der Waals surface area contributed by atoms with Crippen LogP contribution in [-0.2, 0) is 10.2 Å². The zero-order chi connectivity index (χ0) is 13.3. The Morgan fingerprint density at radius 1 is 1.28 bits per heavy atom. The van der Waals surface area contributed by atoms with Crippen LogP contribution in [0.2, 0.25) is 0 Å². The van der Waals surface area contributed by atoms with Gasteiger partial charge < -0.3 is 9.72 Å². The molecule has 1 heterocycles. The summed E-state index contributed by atoms with van der Waals surface area (Å²) in [6, 6.07) is 7.83. The van der Waals surface area contributed by atoms with Gasteiger partial charge in [-0.15, -0.1) is 0 Å². The number of hydrogen-bond acceptors (Lipinski definition) is 2. The highest BCUT2D eigenvalue weighted by atomic mass is 16.5. The number of carbonyl (C=O) groups excluding carboxylic acids is 1. The van der Waals surface area contributed by atoms with Crippen LogP contribution in [0.4, 0.5) is 0 Å². The Kier molecular flexibility index (Phi) is 3.16. The van der Waals surface area contributed by atoms with E-state index in [1.165, 1.54) is 0 Å². The molecule has 18 heavy (non-hydrogen) atoms. The first kappa shape index (κ1) is 12.7. The van der Waals surface area contributed by atoms with E-state index < -0.39 is 0 Å². The molecule has 1 aromatic carbocycles. The van der Waals surface area contributed by atoms with Crippen LogP contribution in [0, 0.1) is 0 Å². The van der Waals surface area contributed by atoms with Crippen molar-refractivity contribution in [3.63, 3.8) is 0 Å². The van der Waals surface area contributed by atoms with Crippen LogP contribution >= 0.6 is 0 Å². The van der Waals surface area contributed by atoms with Crippen molar-refractivity contribution in [3.05, 3.63) is 35.5 Å². The number of benzene rings is 1. The molecule has 96 valence electrons. The lowest BCUT2D eigenvalue weighted by Crippen LogP contribution is -2.17. The molecule has 1 N–H and O–H groups in total. The summed E-state index contributed by atoms with van der Waals surface area (Å²) >= 11 is 0. The molecule has 0 unspecified atom stereocenters. The van der Waals surface area contributed by atoms with E-state index in [0.29, 0.717) is 12.2 Å². The molecule has 0 spiro atoms. The molecule has 3 nitrogen and oxygen atoms in total. The maximum atomic E-state index is 12.1. The second-order valence-electron chi connectivity index (χ2n) is 5.39.